The van der Waals surface area contributed by atoms with Crippen molar-refractivity contribution < 1.29 is 14.3 Å². The highest BCUT2D eigenvalue weighted by Gasteiger charge is 2.37. The Bertz CT molecular complexity index is 430. The van der Waals surface area contributed by atoms with Gasteiger partial charge in [-0.3, -0.25) is 0 Å². The second-order valence-corrected chi connectivity index (χ2v) is 4.23. The molecular weight excluding hydrogens is 216 g/mol. The minimum atomic E-state index is -0.551. The Labute approximate surface area is 102 Å². The second-order valence-electron chi connectivity index (χ2n) is 4.23. The average Bonchev–Trinajstić information content (AvgIpc) is 2.84. The number of hydrogen-bond donors (Lipinski definition) is 0. The van der Waals surface area contributed by atoms with E-state index in [4.69, 9.17) is 0 Å². The van der Waals surface area contributed by atoms with Crippen molar-refractivity contribution in [1.29, 1.82) is 0 Å². The third-order valence-electron chi connectivity index (χ3n) is 2.81. The maximum Gasteiger partial charge on any atom is 0.346 e. The number of hydrogen-bond acceptors (Lipinski definition) is 3. The van der Waals surface area contributed by atoms with Crippen molar-refractivity contribution in [1.82, 2.24) is 0 Å². The monoisotopic (exact) mass is 229 g/mol. The van der Waals surface area contributed by atoms with Gasteiger partial charge in [-0.2, -0.15) is 0 Å². The molecule has 1 saturated heterocycles. The fourth-order valence-electron chi connectivity index (χ4n) is 1.95. The van der Waals surface area contributed by atoms with E-state index >= 15 is 0 Å². The van der Waals surface area contributed by atoms with Crippen LogP contribution in [-0.4, -0.2) is 11.9 Å². The molecule has 0 atom stereocenters. The summed E-state index contributed by atoms with van der Waals surface area (Å²) >= 11 is 0. The van der Waals surface area contributed by atoms with E-state index in [1.165, 1.54) is 0 Å². The molecule has 5 radical (unpaired) electrons. The Kier molecular flexibility index (Phi) is 3.18. The Morgan fingerprint density at radius 2 is 1.47 bits per heavy atom. The first kappa shape index (κ1) is 12.1. The molecule has 3 heteroatoms. The van der Waals surface area contributed by atoms with E-state index in [0.29, 0.717) is 11.1 Å². The average molecular weight is 229 g/mol. The van der Waals surface area contributed by atoms with Crippen LogP contribution in [0.4, 0.5) is 0 Å². The molecule has 0 aromatic rings. The van der Waals surface area contributed by atoms with Crippen molar-refractivity contribution in [3.63, 3.8) is 0 Å². The van der Waals surface area contributed by atoms with Gasteiger partial charge in [0.15, 0.2) is 0 Å². The van der Waals surface area contributed by atoms with Crippen LogP contribution in [0.1, 0.15) is 20.8 Å². The molecule has 0 aromatic heterocycles. The van der Waals surface area contributed by atoms with Gasteiger partial charge >= 0.3 is 11.9 Å². The van der Waals surface area contributed by atoms with Gasteiger partial charge in [0.2, 0.25) is 0 Å². The van der Waals surface area contributed by atoms with Gasteiger partial charge in [-0.15, -0.1) is 0 Å². The lowest BCUT2D eigenvalue weighted by atomic mass is 9.90. The molecule has 0 spiro atoms. The van der Waals surface area contributed by atoms with Crippen molar-refractivity contribution in [2.75, 3.05) is 0 Å². The van der Waals surface area contributed by atoms with Gasteiger partial charge in [-0.1, -0.05) is 11.1 Å². The van der Waals surface area contributed by atoms with Gasteiger partial charge in [0.1, 0.15) is 0 Å². The molecular formula is C14H13O3. The quantitative estimate of drug-likeness (QED) is 0.393. The number of esters is 2. The van der Waals surface area contributed by atoms with Gasteiger partial charge < -0.3 is 4.74 Å². The molecule has 2 rings (SSSR count). The topological polar surface area (TPSA) is 43.4 Å². The normalized spacial score (nSPS) is 24.3. The molecule has 2 fully saturated rings. The maximum atomic E-state index is 11.7. The molecule has 1 aliphatic carbocycles. The van der Waals surface area contributed by atoms with Gasteiger partial charge in [0.05, 0.1) is 11.1 Å². The van der Waals surface area contributed by atoms with Crippen LogP contribution in [0.3, 0.4) is 0 Å². The molecule has 0 aromatic carbocycles. The lowest BCUT2D eigenvalue weighted by Crippen LogP contribution is -2.05. The molecule has 0 unspecified atom stereocenters. The first-order chi connectivity index (χ1) is 8.02. The van der Waals surface area contributed by atoms with Crippen molar-refractivity contribution in [3.8, 4) is 0 Å². The zero-order valence-electron chi connectivity index (χ0n) is 10.0. The van der Waals surface area contributed by atoms with E-state index in [2.05, 4.69) is 4.74 Å². The zero-order valence-corrected chi connectivity index (χ0v) is 10.0. The van der Waals surface area contributed by atoms with Crippen molar-refractivity contribution in [2.24, 2.45) is 0 Å². The number of rotatable bonds is 1. The molecule has 0 N–H and O–H groups in total. The number of carbonyl (C=O) groups is 2. The summed E-state index contributed by atoms with van der Waals surface area (Å²) in [7, 11) is 0. The number of allylic oxidation sites excluding steroid dienone is 2. The molecule has 17 heavy (non-hydrogen) atoms. The van der Waals surface area contributed by atoms with Crippen LogP contribution in [0.15, 0.2) is 22.3 Å². The zero-order chi connectivity index (χ0) is 12.6. The lowest BCUT2D eigenvalue weighted by molar-refractivity contribution is -0.149. The summed E-state index contributed by atoms with van der Waals surface area (Å²) in [4.78, 5) is 23.3. The van der Waals surface area contributed by atoms with E-state index < -0.39 is 11.9 Å². The van der Waals surface area contributed by atoms with Crippen LogP contribution in [0.25, 0.3) is 0 Å². The van der Waals surface area contributed by atoms with Crippen molar-refractivity contribution in [2.45, 2.75) is 20.8 Å². The molecule has 1 aliphatic heterocycles. The van der Waals surface area contributed by atoms with Crippen molar-refractivity contribution in [3.05, 3.63) is 53.9 Å². The fraction of sp³-hybridized carbons (Fsp3) is 0.214. The molecule has 1 saturated carbocycles. The van der Waals surface area contributed by atoms with Gasteiger partial charge in [0, 0.05) is 5.92 Å². The first-order valence-electron chi connectivity index (χ1n) is 5.39. The second kappa shape index (κ2) is 4.47. The van der Waals surface area contributed by atoms with Crippen LogP contribution in [0.5, 0.6) is 0 Å². The number of cyclic esters (lactones) is 2. The Morgan fingerprint density at radius 3 is 2.00 bits per heavy atom. The molecule has 3 nitrogen and oxygen atoms in total. The fourth-order valence-corrected chi connectivity index (χ4v) is 1.95. The smallest absolute Gasteiger partial charge is 0.346 e. The van der Waals surface area contributed by atoms with Gasteiger partial charge in [0.25, 0.3) is 0 Å². The van der Waals surface area contributed by atoms with Gasteiger partial charge in [-0.25, -0.2) is 9.59 Å². The highest BCUT2D eigenvalue weighted by Crippen LogP contribution is 2.37. The molecule has 0 bridgehead atoms. The predicted octanol–water partition coefficient (Wildman–Crippen LogP) is 2.13. The van der Waals surface area contributed by atoms with Crippen LogP contribution in [0.2, 0.25) is 0 Å². The van der Waals surface area contributed by atoms with E-state index in [0.717, 1.165) is 17.1 Å². The molecule has 2 aliphatic rings. The van der Waals surface area contributed by atoms with Crippen LogP contribution in [0, 0.1) is 31.6 Å². The Hall–Kier alpha value is -1.38. The van der Waals surface area contributed by atoms with Crippen molar-refractivity contribution >= 4 is 11.9 Å². The minimum Gasteiger partial charge on any atom is -0.386 e. The summed E-state index contributed by atoms with van der Waals surface area (Å²) in [6.07, 6.45) is 7.59. The highest BCUT2D eigenvalue weighted by molar-refractivity contribution is 6.19. The Morgan fingerprint density at radius 1 is 0.941 bits per heavy atom. The standard InChI is InChI=1S/C14H13O3/c1-8(2)11-12(14(16)17-13(11)15)9(3)10-6-4-5-7-10/h4-7H,1-3H3/b12-9-. The number of carbonyl (C=O) groups excluding carboxylic acids is 2. The van der Waals surface area contributed by atoms with E-state index in [1.54, 1.807) is 13.8 Å². The summed E-state index contributed by atoms with van der Waals surface area (Å²) in [5.74, 6) is -0.161. The lowest BCUT2D eigenvalue weighted by Gasteiger charge is -2.10. The first-order valence-corrected chi connectivity index (χ1v) is 5.39. The SMILES string of the molecule is CC(C)=C1C(=O)OC(=O)/C1=C(/C)[C]1[CH][CH][CH][CH]1. The summed E-state index contributed by atoms with van der Waals surface area (Å²) in [6.45, 7) is 5.42. The van der Waals surface area contributed by atoms with E-state index in [1.807, 2.05) is 32.6 Å². The highest BCUT2D eigenvalue weighted by atomic mass is 16.6. The third-order valence-corrected chi connectivity index (χ3v) is 2.81. The molecule has 87 valence electrons. The summed E-state index contributed by atoms with van der Waals surface area (Å²) in [6, 6.07) is 0. The van der Waals surface area contributed by atoms with E-state index in [9.17, 15) is 9.59 Å². The summed E-state index contributed by atoms with van der Waals surface area (Å²) in [5, 5.41) is 0. The molecule has 1 heterocycles. The maximum absolute atomic E-state index is 11.7. The number of ether oxygens (including phenoxy) is 1. The van der Waals surface area contributed by atoms with Gasteiger partial charge in [-0.05, 0) is 46.5 Å². The van der Waals surface area contributed by atoms with Crippen LogP contribution in [-0.2, 0) is 14.3 Å². The van der Waals surface area contributed by atoms with E-state index in [-0.39, 0.29) is 0 Å². The minimum absolute atomic E-state index is 0.390. The predicted molar refractivity (Wildman–Crippen MR) is 62.6 cm³/mol. The Balaban J connectivity index is 2.47. The molecule has 0 amide bonds. The largest absolute Gasteiger partial charge is 0.386 e. The van der Waals surface area contributed by atoms with Crippen LogP contribution < -0.4 is 0 Å². The summed E-state index contributed by atoms with van der Waals surface area (Å²) < 4.78 is 4.67. The van der Waals surface area contributed by atoms with Crippen LogP contribution >= 0.6 is 0 Å². The summed E-state index contributed by atoms with van der Waals surface area (Å²) in [5.41, 5.74) is 2.36. The third kappa shape index (κ3) is 2.06.